The van der Waals surface area contributed by atoms with Gasteiger partial charge in [0.2, 0.25) is 0 Å². The van der Waals surface area contributed by atoms with E-state index in [1.165, 1.54) is 7.05 Å². The van der Waals surface area contributed by atoms with E-state index in [0.717, 1.165) is 5.56 Å². The summed E-state index contributed by atoms with van der Waals surface area (Å²) in [5.74, 6) is -0.311. The van der Waals surface area contributed by atoms with Crippen molar-refractivity contribution in [1.29, 1.82) is 0 Å². The molecule has 0 saturated carbocycles. The molecule has 0 saturated heterocycles. The Bertz CT molecular complexity index is 404. The largest absolute Gasteiger partial charge is 0.341 e. The molecule has 0 aliphatic heterocycles. The first kappa shape index (κ1) is 14.2. The fourth-order valence-corrected chi connectivity index (χ4v) is 1.65. The Hall–Kier alpha value is -1.88. The van der Waals surface area contributed by atoms with Crippen molar-refractivity contribution in [3.63, 3.8) is 0 Å². The van der Waals surface area contributed by atoms with E-state index in [1.807, 2.05) is 49.5 Å². The average Bonchev–Trinajstić information content (AvgIpc) is 2.36. The van der Waals surface area contributed by atoms with Crippen molar-refractivity contribution in [3.8, 4) is 0 Å². The van der Waals surface area contributed by atoms with Gasteiger partial charge in [-0.25, -0.2) is 4.79 Å². The maximum absolute atomic E-state index is 12.0. The van der Waals surface area contributed by atoms with Crippen molar-refractivity contribution in [3.05, 3.63) is 35.9 Å². The molecule has 0 aliphatic carbocycles. The molecule has 1 rings (SSSR count). The molecule has 0 aliphatic rings. The summed E-state index contributed by atoms with van der Waals surface area (Å²) >= 11 is 0. The van der Waals surface area contributed by atoms with Gasteiger partial charge in [-0.05, 0) is 13.8 Å². The second-order valence-corrected chi connectivity index (χ2v) is 4.39. The number of carbonyl (C=O) groups is 2. The van der Waals surface area contributed by atoms with Crippen molar-refractivity contribution in [2.45, 2.75) is 25.9 Å². The van der Waals surface area contributed by atoms with Crippen molar-refractivity contribution >= 4 is 11.9 Å². The first-order valence-corrected chi connectivity index (χ1v) is 5.97. The molecule has 0 bridgehead atoms. The number of amides is 3. The Morgan fingerprint density at radius 1 is 1.17 bits per heavy atom. The second kappa shape index (κ2) is 6.76. The third-order valence-electron chi connectivity index (χ3n) is 2.48. The number of benzene rings is 1. The molecule has 3 amide bonds. The van der Waals surface area contributed by atoms with Crippen molar-refractivity contribution in [1.82, 2.24) is 10.6 Å². The minimum absolute atomic E-state index is 0.255. The second-order valence-electron chi connectivity index (χ2n) is 4.39. The van der Waals surface area contributed by atoms with E-state index in [9.17, 15) is 9.59 Å². The molecular weight excluding hydrogens is 230 g/mol. The number of nitrogens with two attached hydrogens (primary N) is 1. The van der Waals surface area contributed by atoms with Crippen LogP contribution >= 0.6 is 0 Å². The summed E-state index contributed by atoms with van der Waals surface area (Å²) < 4.78 is 0. The number of urea groups is 1. The van der Waals surface area contributed by atoms with Gasteiger partial charge in [0.25, 0.3) is 5.91 Å². The fraction of sp³-hybridized carbons (Fsp3) is 0.385. The van der Waals surface area contributed by atoms with E-state index in [-0.39, 0.29) is 11.9 Å². The molecule has 1 aromatic carbocycles. The predicted molar refractivity (Wildman–Crippen MR) is 68.8 cm³/mol. The maximum Gasteiger partial charge on any atom is 0.321 e. The van der Waals surface area contributed by atoms with Crippen LogP contribution in [0.15, 0.2) is 30.3 Å². The lowest BCUT2D eigenvalue weighted by Gasteiger charge is -2.17. The Kier molecular flexibility index (Phi) is 5.32. The number of imide groups is 1. The molecule has 4 N–H and O–H groups in total. The lowest BCUT2D eigenvalue weighted by molar-refractivity contribution is -0.709. The highest BCUT2D eigenvalue weighted by Crippen LogP contribution is 2.08. The first-order chi connectivity index (χ1) is 8.54. The number of quaternary nitrogens is 1. The Morgan fingerprint density at radius 3 is 2.28 bits per heavy atom. The monoisotopic (exact) mass is 250 g/mol. The molecule has 0 aromatic heterocycles. The molecule has 1 atom stereocenters. The molecule has 5 nitrogen and oxygen atoms in total. The zero-order valence-electron chi connectivity index (χ0n) is 10.9. The molecule has 0 spiro atoms. The third-order valence-corrected chi connectivity index (χ3v) is 2.48. The van der Waals surface area contributed by atoms with Gasteiger partial charge >= 0.3 is 6.03 Å². The van der Waals surface area contributed by atoms with Gasteiger partial charge in [0.15, 0.2) is 6.04 Å². The van der Waals surface area contributed by atoms with Gasteiger partial charge in [-0.2, -0.15) is 0 Å². The average molecular weight is 250 g/mol. The van der Waals surface area contributed by atoms with Crippen LogP contribution in [0, 0.1) is 0 Å². The van der Waals surface area contributed by atoms with Crippen LogP contribution in [0.5, 0.6) is 0 Å². The van der Waals surface area contributed by atoms with E-state index in [2.05, 4.69) is 10.6 Å². The topological polar surface area (TPSA) is 74.8 Å². The minimum Gasteiger partial charge on any atom is -0.341 e. The van der Waals surface area contributed by atoms with Crippen LogP contribution in [-0.4, -0.2) is 25.0 Å². The van der Waals surface area contributed by atoms with Gasteiger partial charge in [-0.15, -0.1) is 0 Å². The van der Waals surface area contributed by atoms with Crippen LogP contribution in [0.2, 0.25) is 0 Å². The van der Waals surface area contributed by atoms with Crippen LogP contribution < -0.4 is 16.0 Å². The van der Waals surface area contributed by atoms with Crippen LogP contribution in [0.25, 0.3) is 0 Å². The van der Waals surface area contributed by atoms with Gasteiger partial charge in [0.05, 0.1) is 6.04 Å². The molecule has 0 fully saturated rings. The standard InChI is InChI=1S/C13H19N3O2/c1-9(2)15-11(10-7-5-4-6-8-10)12(17)16-13(18)14-3/h4-9,11,15H,1-3H3,(H2,14,16,17,18)/p+1/t11-/m1/s1. The van der Waals surface area contributed by atoms with E-state index in [0.29, 0.717) is 0 Å². The molecule has 98 valence electrons. The third kappa shape index (κ3) is 4.18. The Balaban J connectivity index is 2.85. The van der Waals surface area contributed by atoms with E-state index < -0.39 is 12.1 Å². The summed E-state index contributed by atoms with van der Waals surface area (Å²) in [4.78, 5) is 23.2. The number of hydrogen-bond acceptors (Lipinski definition) is 2. The molecule has 1 aromatic rings. The zero-order chi connectivity index (χ0) is 13.5. The summed E-state index contributed by atoms with van der Waals surface area (Å²) in [6, 6.07) is 8.77. The van der Waals surface area contributed by atoms with Crippen LogP contribution in [0.4, 0.5) is 4.79 Å². The fourth-order valence-electron chi connectivity index (χ4n) is 1.65. The van der Waals surface area contributed by atoms with Crippen LogP contribution in [0.3, 0.4) is 0 Å². The van der Waals surface area contributed by atoms with E-state index in [4.69, 9.17) is 0 Å². The number of hydrogen-bond donors (Lipinski definition) is 3. The van der Waals surface area contributed by atoms with E-state index in [1.54, 1.807) is 0 Å². The van der Waals surface area contributed by atoms with Gasteiger partial charge in [-0.3, -0.25) is 10.1 Å². The van der Waals surface area contributed by atoms with Gasteiger partial charge in [-0.1, -0.05) is 30.3 Å². The highest BCUT2D eigenvalue weighted by Gasteiger charge is 2.26. The Morgan fingerprint density at radius 2 is 1.78 bits per heavy atom. The quantitative estimate of drug-likeness (QED) is 0.712. The molecule has 0 radical (unpaired) electrons. The molecular formula is C13H20N3O2+. The molecule has 5 heteroatoms. The lowest BCUT2D eigenvalue weighted by Crippen LogP contribution is -2.91. The maximum atomic E-state index is 12.0. The number of rotatable bonds is 4. The molecule has 0 heterocycles. The SMILES string of the molecule is CNC(=O)NC(=O)[C@H]([NH2+]C(C)C)c1ccccc1. The minimum atomic E-state index is -0.488. The normalized spacial score (nSPS) is 12.0. The smallest absolute Gasteiger partial charge is 0.321 e. The van der Waals surface area contributed by atoms with Crippen molar-refractivity contribution in [2.24, 2.45) is 0 Å². The summed E-state index contributed by atoms with van der Waals surface area (Å²) in [6.07, 6.45) is 0. The summed E-state index contributed by atoms with van der Waals surface area (Å²) in [5.41, 5.74) is 0.882. The van der Waals surface area contributed by atoms with Gasteiger partial charge in [0, 0.05) is 12.6 Å². The highest BCUT2D eigenvalue weighted by molar-refractivity contribution is 5.96. The summed E-state index contributed by atoms with van der Waals surface area (Å²) in [6.45, 7) is 4.01. The van der Waals surface area contributed by atoms with Crippen LogP contribution in [-0.2, 0) is 4.79 Å². The highest BCUT2D eigenvalue weighted by atomic mass is 16.2. The molecule has 0 unspecified atom stereocenters. The lowest BCUT2D eigenvalue weighted by atomic mass is 10.1. The van der Waals surface area contributed by atoms with Crippen LogP contribution in [0.1, 0.15) is 25.5 Å². The van der Waals surface area contributed by atoms with E-state index >= 15 is 0 Å². The van der Waals surface area contributed by atoms with Crippen molar-refractivity contribution in [2.75, 3.05) is 7.05 Å². The van der Waals surface area contributed by atoms with Gasteiger partial charge in [0.1, 0.15) is 0 Å². The number of nitrogens with one attached hydrogen (secondary N) is 2. The summed E-state index contributed by atoms with van der Waals surface area (Å²) in [5, 5.41) is 6.61. The number of carbonyl (C=O) groups excluding carboxylic acids is 2. The van der Waals surface area contributed by atoms with Gasteiger partial charge < -0.3 is 10.6 Å². The van der Waals surface area contributed by atoms with Crippen molar-refractivity contribution < 1.29 is 14.9 Å². The zero-order valence-corrected chi connectivity index (χ0v) is 10.9. The summed E-state index contributed by atoms with van der Waals surface area (Å²) in [7, 11) is 1.48. The predicted octanol–water partition coefficient (Wildman–Crippen LogP) is 0.155. The Labute approximate surface area is 107 Å². The first-order valence-electron chi connectivity index (χ1n) is 5.97. The molecule has 18 heavy (non-hydrogen) atoms.